The van der Waals surface area contributed by atoms with Crippen LogP contribution in [-0.2, 0) is 6.54 Å². The lowest BCUT2D eigenvalue weighted by atomic mass is 10.0. The van der Waals surface area contributed by atoms with Gasteiger partial charge < -0.3 is 14.2 Å². The third-order valence-electron chi connectivity index (χ3n) is 4.93. The third-order valence-corrected chi connectivity index (χ3v) is 4.93. The molecule has 0 bridgehead atoms. The van der Waals surface area contributed by atoms with Crippen LogP contribution in [0.15, 0.2) is 59.4 Å². The van der Waals surface area contributed by atoms with Gasteiger partial charge in [-0.1, -0.05) is 36.4 Å². The zero-order valence-electron chi connectivity index (χ0n) is 15.3. The van der Waals surface area contributed by atoms with E-state index in [1.807, 2.05) is 49.0 Å². The molecule has 0 aliphatic heterocycles. The molecule has 0 N–H and O–H groups in total. The first kappa shape index (κ1) is 16.6. The molecule has 0 saturated carbocycles. The maximum atomic E-state index is 13.4. The summed E-state index contributed by atoms with van der Waals surface area (Å²) in [5, 5.41) is 5.02. The average molecular weight is 346 g/mol. The third kappa shape index (κ3) is 2.63. The van der Waals surface area contributed by atoms with Gasteiger partial charge in [0.25, 0.3) is 5.56 Å². The van der Waals surface area contributed by atoms with Crippen molar-refractivity contribution in [1.82, 2.24) is 9.47 Å². The molecule has 0 atom stereocenters. The van der Waals surface area contributed by atoms with Crippen LogP contribution < -0.4 is 10.3 Å². The molecular weight excluding hydrogens is 324 g/mol. The van der Waals surface area contributed by atoms with Crippen LogP contribution in [0.1, 0.15) is 0 Å². The van der Waals surface area contributed by atoms with Gasteiger partial charge in [-0.25, -0.2) is 0 Å². The summed E-state index contributed by atoms with van der Waals surface area (Å²) in [4.78, 5) is 15.5. The first-order valence-electron chi connectivity index (χ1n) is 8.77. The Morgan fingerprint density at radius 1 is 0.923 bits per heavy atom. The van der Waals surface area contributed by atoms with Gasteiger partial charge in [-0.05, 0) is 43.1 Å². The Hall–Kier alpha value is -2.85. The number of fused-ring (bicyclic) bond motifs is 5. The van der Waals surface area contributed by atoms with Gasteiger partial charge in [0.1, 0.15) is 5.75 Å². The molecule has 0 aliphatic rings. The zero-order chi connectivity index (χ0) is 18.3. The van der Waals surface area contributed by atoms with Crippen LogP contribution in [-0.4, -0.2) is 37.2 Å². The Bertz CT molecular complexity index is 1180. The Balaban J connectivity index is 2.18. The molecule has 0 spiro atoms. The number of methoxy groups -OCH3 is 1. The predicted octanol–water partition coefficient (Wildman–Crippen LogP) is 3.88. The second kappa shape index (κ2) is 6.46. The van der Waals surface area contributed by atoms with Crippen LogP contribution in [0.5, 0.6) is 5.75 Å². The molecule has 26 heavy (non-hydrogen) atoms. The van der Waals surface area contributed by atoms with Gasteiger partial charge in [-0.15, -0.1) is 0 Å². The number of pyridine rings is 1. The highest BCUT2D eigenvalue weighted by molar-refractivity contribution is 6.15. The van der Waals surface area contributed by atoms with E-state index in [1.165, 1.54) is 0 Å². The minimum Gasteiger partial charge on any atom is -0.497 e. The summed E-state index contributed by atoms with van der Waals surface area (Å²) >= 11 is 0. The summed E-state index contributed by atoms with van der Waals surface area (Å²) in [6.07, 6.45) is 0. The van der Waals surface area contributed by atoms with Crippen LogP contribution >= 0.6 is 0 Å². The van der Waals surface area contributed by atoms with Crippen LogP contribution in [0.3, 0.4) is 0 Å². The average Bonchev–Trinajstić information content (AvgIpc) is 2.67. The highest BCUT2D eigenvalue weighted by Gasteiger charge is 2.14. The Morgan fingerprint density at radius 2 is 1.69 bits per heavy atom. The number of aromatic nitrogens is 1. The summed E-state index contributed by atoms with van der Waals surface area (Å²) in [5.74, 6) is 0.703. The van der Waals surface area contributed by atoms with E-state index >= 15 is 0 Å². The minimum absolute atomic E-state index is 0.0320. The monoisotopic (exact) mass is 346 g/mol. The smallest absolute Gasteiger partial charge is 0.259 e. The van der Waals surface area contributed by atoms with Gasteiger partial charge in [0.2, 0.25) is 0 Å². The Kier molecular flexibility index (Phi) is 4.13. The zero-order valence-corrected chi connectivity index (χ0v) is 15.3. The molecule has 4 nitrogen and oxygen atoms in total. The molecule has 0 aliphatic carbocycles. The van der Waals surface area contributed by atoms with Crippen molar-refractivity contribution in [1.29, 1.82) is 0 Å². The Labute approximate surface area is 152 Å². The molecule has 4 aromatic rings. The summed E-state index contributed by atoms with van der Waals surface area (Å²) in [5.41, 5.74) is 1.04. The number of hydrogen-bond donors (Lipinski definition) is 0. The van der Waals surface area contributed by atoms with E-state index in [2.05, 4.69) is 29.2 Å². The van der Waals surface area contributed by atoms with Crippen molar-refractivity contribution < 1.29 is 4.74 Å². The molecule has 0 unspecified atom stereocenters. The number of rotatable bonds is 4. The predicted molar refractivity (Wildman–Crippen MR) is 108 cm³/mol. The molecule has 132 valence electrons. The van der Waals surface area contributed by atoms with E-state index in [0.717, 1.165) is 33.6 Å². The van der Waals surface area contributed by atoms with E-state index in [0.29, 0.717) is 17.7 Å². The molecule has 3 aromatic carbocycles. The molecule has 0 amide bonds. The second-order valence-corrected chi connectivity index (χ2v) is 6.85. The number of benzene rings is 3. The lowest BCUT2D eigenvalue weighted by molar-refractivity contribution is 0.385. The molecule has 4 heteroatoms. The molecule has 4 rings (SSSR count). The quantitative estimate of drug-likeness (QED) is 0.526. The van der Waals surface area contributed by atoms with E-state index in [9.17, 15) is 4.79 Å². The van der Waals surface area contributed by atoms with Crippen molar-refractivity contribution in [3.63, 3.8) is 0 Å². The van der Waals surface area contributed by atoms with Gasteiger partial charge in [0.05, 0.1) is 18.0 Å². The fraction of sp³-hybridized carbons (Fsp3) is 0.227. The van der Waals surface area contributed by atoms with Gasteiger partial charge >= 0.3 is 0 Å². The SMILES string of the molecule is COc1ccc2c(c1)c(=O)n(CCN(C)C)c1c3ccccc3ccc21. The summed E-state index contributed by atoms with van der Waals surface area (Å²) < 4.78 is 7.26. The van der Waals surface area contributed by atoms with Crippen LogP contribution in [0.4, 0.5) is 0 Å². The number of nitrogens with zero attached hydrogens (tertiary/aromatic N) is 2. The summed E-state index contributed by atoms with van der Waals surface area (Å²) in [6, 6.07) is 18.2. The van der Waals surface area contributed by atoms with Crippen molar-refractivity contribution in [3.05, 3.63) is 65.0 Å². The topological polar surface area (TPSA) is 34.5 Å². The molecule has 1 aromatic heterocycles. The highest BCUT2D eigenvalue weighted by atomic mass is 16.5. The fourth-order valence-electron chi connectivity index (χ4n) is 3.59. The molecule has 0 radical (unpaired) electrons. The van der Waals surface area contributed by atoms with Crippen LogP contribution in [0, 0.1) is 0 Å². The largest absolute Gasteiger partial charge is 0.497 e. The second-order valence-electron chi connectivity index (χ2n) is 6.85. The van der Waals surface area contributed by atoms with Crippen molar-refractivity contribution in [3.8, 4) is 5.75 Å². The molecule has 0 fully saturated rings. The van der Waals surface area contributed by atoms with Crippen LogP contribution in [0.25, 0.3) is 32.4 Å². The van der Waals surface area contributed by atoms with E-state index in [-0.39, 0.29) is 5.56 Å². The lowest BCUT2D eigenvalue weighted by Crippen LogP contribution is -2.27. The number of hydrogen-bond acceptors (Lipinski definition) is 3. The van der Waals surface area contributed by atoms with Gasteiger partial charge in [0, 0.05) is 23.9 Å². The molecule has 1 heterocycles. The molecule has 0 saturated heterocycles. The fourth-order valence-corrected chi connectivity index (χ4v) is 3.59. The number of likely N-dealkylation sites (N-methyl/N-ethyl adjacent to an activating group) is 1. The van der Waals surface area contributed by atoms with Gasteiger partial charge in [-0.3, -0.25) is 4.79 Å². The summed E-state index contributed by atoms with van der Waals surface area (Å²) in [7, 11) is 5.67. The lowest BCUT2D eigenvalue weighted by Gasteiger charge is -2.17. The van der Waals surface area contributed by atoms with Crippen LogP contribution in [0.2, 0.25) is 0 Å². The maximum Gasteiger partial charge on any atom is 0.259 e. The van der Waals surface area contributed by atoms with Crippen molar-refractivity contribution in [2.45, 2.75) is 6.54 Å². The van der Waals surface area contributed by atoms with Gasteiger partial charge in [-0.2, -0.15) is 0 Å². The first-order chi connectivity index (χ1) is 12.6. The van der Waals surface area contributed by atoms with Crippen molar-refractivity contribution in [2.75, 3.05) is 27.7 Å². The van der Waals surface area contributed by atoms with Crippen molar-refractivity contribution >= 4 is 32.4 Å². The van der Waals surface area contributed by atoms with E-state index in [1.54, 1.807) is 7.11 Å². The highest BCUT2D eigenvalue weighted by Crippen LogP contribution is 2.31. The van der Waals surface area contributed by atoms with E-state index in [4.69, 9.17) is 4.74 Å². The maximum absolute atomic E-state index is 13.4. The summed E-state index contributed by atoms with van der Waals surface area (Å²) in [6.45, 7) is 1.44. The Morgan fingerprint density at radius 3 is 2.46 bits per heavy atom. The first-order valence-corrected chi connectivity index (χ1v) is 8.77. The standard InChI is InChI=1S/C22H22N2O2/c1-23(2)12-13-24-21-17-7-5-4-6-15(17)8-10-19(21)18-11-9-16(26-3)14-20(18)22(24)25/h4-11,14H,12-13H2,1-3H3. The molecular formula is C22H22N2O2. The normalized spacial score (nSPS) is 11.7. The van der Waals surface area contributed by atoms with Gasteiger partial charge in [0.15, 0.2) is 0 Å². The number of ether oxygens (including phenoxy) is 1. The minimum atomic E-state index is 0.0320. The van der Waals surface area contributed by atoms with E-state index < -0.39 is 0 Å². The van der Waals surface area contributed by atoms with Crippen molar-refractivity contribution in [2.24, 2.45) is 0 Å².